The molecule has 2 amide bonds. The van der Waals surface area contributed by atoms with Crippen molar-refractivity contribution in [3.8, 4) is 0 Å². The highest BCUT2D eigenvalue weighted by molar-refractivity contribution is 7.99. The second-order valence-corrected chi connectivity index (χ2v) is 8.56. The van der Waals surface area contributed by atoms with Crippen molar-refractivity contribution < 1.29 is 9.59 Å². The Labute approximate surface area is 196 Å². The molecule has 7 nitrogen and oxygen atoms in total. The van der Waals surface area contributed by atoms with Gasteiger partial charge in [-0.1, -0.05) is 47.1 Å². The number of allylic oxidation sites excluding steroid dienone is 1. The molecule has 166 valence electrons. The number of aryl methyl sites for hydroxylation is 2. The predicted molar refractivity (Wildman–Crippen MR) is 129 cm³/mol. The molecule has 0 radical (unpaired) electrons. The van der Waals surface area contributed by atoms with E-state index in [9.17, 15) is 9.59 Å². The summed E-state index contributed by atoms with van der Waals surface area (Å²) < 4.78 is 1.78. The van der Waals surface area contributed by atoms with Gasteiger partial charge < -0.3 is 15.2 Å². The zero-order valence-electron chi connectivity index (χ0n) is 17.9. The monoisotopic (exact) mass is 469 g/mol. The third-order valence-corrected chi connectivity index (χ3v) is 5.76. The molecule has 2 aromatic carbocycles. The Hall–Kier alpha value is -3.10. The van der Waals surface area contributed by atoms with Crippen LogP contribution in [0.3, 0.4) is 0 Å². The first-order valence-corrected chi connectivity index (χ1v) is 11.3. The number of halogens is 1. The van der Waals surface area contributed by atoms with Crippen LogP contribution in [0.4, 0.5) is 11.4 Å². The van der Waals surface area contributed by atoms with Crippen LogP contribution >= 0.6 is 23.4 Å². The number of thioether (sulfide) groups is 1. The summed E-state index contributed by atoms with van der Waals surface area (Å²) in [5.41, 5.74) is 3.58. The highest BCUT2D eigenvalue weighted by Gasteiger charge is 2.16. The third kappa shape index (κ3) is 6.45. The Bertz CT molecular complexity index is 1130. The lowest BCUT2D eigenvalue weighted by Crippen LogP contribution is -2.18. The first-order valence-electron chi connectivity index (χ1n) is 9.94. The molecule has 1 heterocycles. The lowest BCUT2D eigenvalue weighted by atomic mass is 10.1. The van der Waals surface area contributed by atoms with E-state index in [1.165, 1.54) is 11.8 Å². The molecule has 0 saturated carbocycles. The fourth-order valence-electron chi connectivity index (χ4n) is 3.02. The van der Waals surface area contributed by atoms with Gasteiger partial charge in [0.05, 0.1) is 12.2 Å². The van der Waals surface area contributed by atoms with Gasteiger partial charge in [-0.2, -0.15) is 0 Å². The Morgan fingerprint density at radius 1 is 1.09 bits per heavy atom. The first kappa shape index (κ1) is 23.6. The van der Waals surface area contributed by atoms with Crippen LogP contribution in [0.15, 0.2) is 60.3 Å². The number of aromatic nitrogens is 3. The molecule has 0 fully saturated rings. The molecular formula is C23H24ClN5O2S. The van der Waals surface area contributed by atoms with Gasteiger partial charge in [-0.25, -0.2) is 0 Å². The maximum Gasteiger partial charge on any atom is 0.234 e. The molecule has 3 rings (SSSR count). The molecule has 0 spiro atoms. The summed E-state index contributed by atoms with van der Waals surface area (Å²) in [6.45, 7) is 8.16. The Kier molecular flexibility index (Phi) is 8.08. The summed E-state index contributed by atoms with van der Waals surface area (Å²) in [7, 11) is 0. The summed E-state index contributed by atoms with van der Waals surface area (Å²) in [6, 6.07) is 12.7. The van der Waals surface area contributed by atoms with E-state index in [2.05, 4.69) is 27.4 Å². The lowest BCUT2D eigenvalue weighted by Gasteiger charge is -2.10. The smallest absolute Gasteiger partial charge is 0.234 e. The minimum atomic E-state index is -0.228. The molecule has 1 aromatic heterocycles. The van der Waals surface area contributed by atoms with Crippen LogP contribution < -0.4 is 10.6 Å². The normalized spacial score (nSPS) is 10.6. The lowest BCUT2D eigenvalue weighted by molar-refractivity contribution is -0.116. The number of anilines is 2. The number of benzene rings is 2. The van der Waals surface area contributed by atoms with Crippen molar-refractivity contribution >= 4 is 46.6 Å². The van der Waals surface area contributed by atoms with Crippen LogP contribution in [0.5, 0.6) is 0 Å². The van der Waals surface area contributed by atoms with Crippen molar-refractivity contribution in [3.63, 3.8) is 0 Å². The van der Waals surface area contributed by atoms with Gasteiger partial charge in [-0.05, 0) is 49.7 Å². The van der Waals surface area contributed by atoms with E-state index >= 15 is 0 Å². The fraction of sp³-hybridized carbons (Fsp3) is 0.217. The number of nitrogens with one attached hydrogen (secondary N) is 2. The third-order valence-electron chi connectivity index (χ3n) is 4.54. The zero-order chi connectivity index (χ0) is 23.1. The summed E-state index contributed by atoms with van der Waals surface area (Å²) >= 11 is 7.13. The van der Waals surface area contributed by atoms with Crippen molar-refractivity contribution in [1.29, 1.82) is 0 Å². The highest BCUT2D eigenvalue weighted by Crippen LogP contribution is 2.20. The molecule has 0 aliphatic rings. The molecule has 0 unspecified atom stereocenters. The van der Waals surface area contributed by atoms with Gasteiger partial charge in [-0.15, -0.1) is 16.8 Å². The largest absolute Gasteiger partial charge is 0.326 e. The molecule has 0 aliphatic carbocycles. The predicted octanol–water partition coefficient (Wildman–Crippen LogP) is 4.65. The van der Waals surface area contributed by atoms with Gasteiger partial charge in [0.25, 0.3) is 0 Å². The SMILES string of the molecule is C=CCn1c(CC(=O)Nc2ccc(Cl)cc2)nnc1SCC(=O)Nc1ccc(C)cc1C. The second-order valence-electron chi connectivity index (χ2n) is 7.19. The minimum absolute atomic E-state index is 0.0405. The molecule has 3 aromatic rings. The van der Waals surface area contributed by atoms with E-state index in [1.807, 2.05) is 32.0 Å². The van der Waals surface area contributed by atoms with Gasteiger partial charge in [-0.3, -0.25) is 9.59 Å². The quantitative estimate of drug-likeness (QED) is 0.352. The average Bonchev–Trinajstić information content (AvgIpc) is 3.12. The van der Waals surface area contributed by atoms with Crippen molar-refractivity contribution in [3.05, 3.63) is 77.1 Å². The summed E-state index contributed by atoms with van der Waals surface area (Å²) in [5, 5.41) is 15.2. The van der Waals surface area contributed by atoms with Crippen LogP contribution in [0.25, 0.3) is 0 Å². The van der Waals surface area contributed by atoms with Crippen molar-refractivity contribution in [2.45, 2.75) is 32.0 Å². The molecule has 0 bridgehead atoms. The Balaban J connectivity index is 1.62. The van der Waals surface area contributed by atoms with E-state index < -0.39 is 0 Å². The Morgan fingerprint density at radius 2 is 1.84 bits per heavy atom. The molecule has 0 saturated heterocycles. The number of rotatable bonds is 9. The maximum atomic E-state index is 12.4. The van der Waals surface area contributed by atoms with Crippen LogP contribution in [-0.2, 0) is 22.6 Å². The van der Waals surface area contributed by atoms with Gasteiger partial charge in [0, 0.05) is 22.9 Å². The minimum Gasteiger partial charge on any atom is -0.326 e. The average molecular weight is 470 g/mol. The summed E-state index contributed by atoms with van der Waals surface area (Å²) in [4.78, 5) is 24.9. The van der Waals surface area contributed by atoms with Gasteiger partial charge >= 0.3 is 0 Å². The van der Waals surface area contributed by atoms with E-state index in [1.54, 1.807) is 34.9 Å². The van der Waals surface area contributed by atoms with Gasteiger partial charge in [0.2, 0.25) is 11.8 Å². The van der Waals surface area contributed by atoms with Crippen LogP contribution in [0.1, 0.15) is 17.0 Å². The number of hydrogen-bond donors (Lipinski definition) is 2. The van der Waals surface area contributed by atoms with E-state index in [-0.39, 0.29) is 24.0 Å². The van der Waals surface area contributed by atoms with Crippen molar-refractivity contribution in [1.82, 2.24) is 14.8 Å². The van der Waals surface area contributed by atoms with Crippen LogP contribution in [0, 0.1) is 13.8 Å². The number of hydrogen-bond acceptors (Lipinski definition) is 5. The van der Waals surface area contributed by atoms with Crippen molar-refractivity contribution in [2.75, 3.05) is 16.4 Å². The second kappa shape index (κ2) is 11.0. The molecule has 32 heavy (non-hydrogen) atoms. The molecule has 9 heteroatoms. The van der Waals surface area contributed by atoms with Gasteiger partial charge in [0.1, 0.15) is 5.82 Å². The van der Waals surface area contributed by atoms with Crippen LogP contribution in [-0.4, -0.2) is 32.3 Å². The number of carbonyl (C=O) groups is 2. The molecule has 0 aliphatic heterocycles. The van der Waals surface area contributed by atoms with E-state index in [4.69, 9.17) is 11.6 Å². The topological polar surface area (TPSA) is 88.9 Å². The maximum absolute atomic E-state index is 12.4. The van der Waals surface area contributed by atoms with E-state index in [0.717, 1.165) is 16.8 Å². The fourth-order valence-corrected chi connectivity index (χ4v) is 3.91. The summed E-state index contributed by atoms with van der Waals surface area (Å²) in [5.74, 6) is 0.291. The number of carbonyl (C=O) groups excluding carboxylic acids is 2. The van der Waals surface area contributed by atoms with E-state index in [0.29, 0.717) is 28.2 Å². The van der Waals surface area contributed by atoms with Gasteiger partial charge in [0.15, 0.2) is 5.16 Å². The van der Waals surface area contributed by atoms with Crippen LogP contribution in [0.2, 0.25) is 5.02 Å². The number of amides is 2. The first-order chi connectivity index (χ1) is 15.4. The molecular weight excluding hydrogens is 446 g/mol. The van der Waals surface area contributed by atoms with Crippen molar-refractivity contribution in [2.24, 2.45) is 0 Å². The number of nitrogens with zero attached hydrogens (tertiary/aromatic N) is 3. The molecule has 2 N–H and O–H groups in total. The standard InChI is InChI=1S/C23H24ClN5O2S/c1-4-11-29-20(13-21(30)25-18-8-6-17(24)7-9-18)27-28-23(29)32-14-22(31)26-19-10-5-15(2)12-16(19)3/h4-10,12H,1,11,13-14H2,2-3H3,(H,25,30)(H,26,31). The Morgan fingerprint density at radius 3 is 2.53 bits per heavy atom. The molecule has 0 atom stereocenters. The zero-order valence-corrected chi connectivity index (χ0v) is 19.5. The summed E-state index contributed by atoms with van der Waals surface area (Å²) in [6.07, 6.45) is 1.74. The highest BCUT2D eigenvalue weighted by atomic mass is 35.5.